The summed E-state index contributed by atoms with van der Waals surface area (Å²) in [6.45, 7) is 1.52. The first kappa shape index (κ1) is 26.7. The fraction of sp³-hybridized carbons (Fsp3) is 0.115. The Bertz CT molecular complexity index is 1630. The molecule has 7 nitrogen and oxygen atoms in total. The summed E-state index contributed by atoms with van der Waals surface area (Å²) in [5, 5.41) is 9.42. The summed E-state index contributed by atoms with van der Waals surface area (Å²) in [6.07, 6.45) is -3.78. The number of carbonyl (C=O) groups excluding carboxylic acids is 1. The lowest BCUT2D eigenvalue weighted by Crippen LogP contribution is -2.20. The predicted octanol–water partition coefficient (Wildman–Crippen LogP) is 6.69. The number of ether oxygens (including phenoxy) is 1. The number of benzene rings is 3. The lowest BCUT2D eigenvalue weighted by atomic mass is 9.98. The monoisotopic (exact) mass is 544 g/mol. The van der Waals surface area contributed by atoms with Crippen LogP contribution in [0.1, 0.15) is 21.6 Å². The summed E-state index contributed by atoms with van der Waals surface area (Å²) in [6, 6.07) is 16.4. The zero-order valence-corrected chi connectivity index (χ0v) is 20.8. The maximum atomic E-state index is 14.1. The average molecular weight is 545 g/mol. The number of rotatable bonds is 6. The fourth-order valence-electron chi connectivity index (χ4n) is 3.63. The summed E-state index contributed by atoms with van der Waals surface area (Å²) >= 11 is 0. The lowest BCUT2D eigenvalue weighted by molar-refractivity contribution is -0.141. The number of carbonyl (C=O) groups is 1. The van der Waals surface area contributed by atoms with Crippen LogP contribution in [0, 0.1) is 17.5 Å². The second-order valence-electron chi connectivity index (χ2n) is 8.31. The SMILES string of the molecule is Cc1cc(F)ccc1Oc1nnc(C(F)(F)F)c(-c2ccccc2)c1C(=O)Nc1cccc(S(C)(=N)=O)c1. The highest BCUT2D eigenvalue weighted by Gasteiger charge is 2.40. The van der Waals surface area contributed by atoms with Crippen molar-refractivity contribution in [3.63, 3.8) is 0 Å². The maximum absolute atomic E-state index is 14.1. The molecule has 196 valence electrons. The van der Waals surface area contributed by atoms with Crippen molar-refractivity contribution in [2.45, 2.75) is 18.0 Å². The van der Waals surface area contributed by atoms with Gasteiger partial charge < -0.3 is 10.1 Å². The van der Waals surface area contributed by atoms with E-state index >= 15 is 0 Å². The smallest absolute Gasteiger partial charge is 0.435 e. The largest absolute Gasteiger partial charge is 0.437 e. The molecule has 0 saturated carbocycles. The summed E-state index contributed by atoms with van der Waals surface area (Å²) in [7, 11) is -3.14. The van der Waals surface area contributed by atoms with E-state index in [0.29, 0.717) is 5.56 Å². The molecule has 1 amide bonds. The van der Waals surface area contributed by atoms with Crippen molar-refractivity contribution in [1.29, 1.82) is 4.78 Å². The second kappa shape index (κ2) is 10.2. The number of nitrogens with one attached hydrogen (secondary N) is 2. The molecule has 0 saturated heterocycles. The first-order valence-corrected chi connectivity index (χ1v) is 12.9. The van der Waals surface area contributed by atoms with E-state index in [2.05, 4.69) is 15.5 Å². The third kappa shape index (κ3) is 5.80. The van der Waals surface area contributed by atoms with Crippen LogP contribution in [0.2, 0.25) is 0 Å². The number of anilines is 1. The van der Waals surface area contributed by atoms with Crippen LogP contribution in [-0.4, -0.2) is 26.6 Å². The summed E-state index contributed by atoms with van der Waals surface area (Å²) in [5.41, 5.74) is -2.14. The van der Waals surface area contributed by atoms with Crippen LogP contribution in [0.5, 0.6) is 11.6 Å². The zero-order valence-electron chi connectivity index (χ0n) is 20.0. The molecule has 1 heterocycles. The van der Waals surface area contributed by atoms with E-state index in [1.165, 1.54) is 67.8 Å². The minimum atomic E-state index is -4.98. The Morgan fingerprint density at radius 1 is 1.00 bits per heavy atom. The standard InChI is InChI=1S/C26H20F4N4O3S/c1-15-13-17(27)11-12-20(15)37-25-22(24(35)32-18-9-6-10-19(14-18)38(2,31)36)21(16-7-4-3-5-8-16)23(33-34-25)26(28,29)30/h3-14,31H,1-2H3,(H,32,35). The van der Waals surface area contributed by atoms with Gasteiger partial charge in [0.1, 0.15) is 17.1 Å². The van der Waals surface area contributed by atoms with E-state index in [9.17, 15) is 26.6 Å². The van der Waals surface area contributed by atoms with E-state index < -0.39 is 50.3 Å². The molecule has 4 aromatic rings. The second-order valence-corrected chi connectivity index (χ2v) is 10.5. The van der Waals surface area contributed by atoms with Gasteiger partial charge in [0.2, 0.25) is 0 Å². The number of halogens is 4. The molecule has 0 aliphatic rings. The van der Waals surface area contributed by atoms with Gasteiger partial charge in [-0.3, -0.25) is 4.79 Å². The molecule has 0 aliphatic heterocycles. The summed E-state index contributed by atoms with van der Waals surface area (Å²) in [5.74, 6) is -2.07. The summed E-state index contributed by atoms with van der Waals surface area (Å²) in [4.78, 5) is 13.7. The highest BCUT2D eigenvalue weighted by Crippen LogP contribution is 2.41. The Hall–Kier alpha value is -4.32. The molecule has 4 rings (SSSR count). The molecular weight excluding hydrogens is 524 g/mol. The van der Waals surface area contributed by atoms with Crippen molar-refractivity contribution in [2.75, 3.05) is 11.6 Å². The number of aromatic nitrogens is 2. The van der Waals surface area contributed by atoms with Gasteiger partial charge >= 0.3 is 6.18 Å². The first-order valence-electron chi connectivity index (χ1n) is 11.0. The molecule has 1 unspecified atom stereocenters. The van der Waals surface area contributed by atoms with Gasteiger partial charge in [-0.1, -0.05) is 36.4 Å². The molecule has 0 radical (unpaired) electrons. The van der Waals surface area contributed by atoms with Gasteiger partial charge in [-0.25, -0.2) is 13.4 Å². The van der Waals surface area contributed by atoms with Crippen molar-refractivity contribution >= 4 is 21.3 Å². The molecule has 0 fully saturated rings. The Morgan fingerprint density at radius 3 is 2.34 bits per heavy atom. The number of nitrogens with zero attached hydrogens (tertiary/aromatic N) is 2. The van der Waals surface area contributed by atoms with Gasteiger partial charge in [0.05, 0.1) is 9.73 Å². The van der Waals surface area contributed by atoms with E-state index in [0.717, 1.165) is 12.1 Å². The third-order valence-corrected chi connectivity index (χ3v) is 6.54. The van der Waals surface area contributed by atoms with Gasteiger partial charge in [0, 0.05) is 22.4 Å². The predicted molar refractivity (Wildman–Crippen MR) is 133 cm³/mol. The van der Waals surface area contributed by atoms with Crippen LogP contribution in [0.4, 0.5) is 23.2 Å². The van der Waals surface area contributed by atoms with Crippen molar-refractivity contribution in [1.82, 2.24) is 10.2 Å². The summed E-state index contributed by atoms with van der Waals surface area (Å²) < 4.78 is 81.5. The lowest BCUT2D eigenvalue weighted by Gasteiger charge is -2.19. The molecule has 38 heavy (non-hydrogen) atoms. The minimum Gasteiger partial charge on any atom is -0.437 e. The molecule has 0 spiro atoms. The van der Waals surface area contributed by atoms with Crippen molar-refractivity contribution in [2.24, 2.45) is 0 Å². The van der Waals surface area contributed by atoms with E-state index in [1.807, 2.05) is 0 Å². The van der Waals surface area contributed by atoms with Crippen molar-refractivity contribution in [3.8, 4) is 22.8 Å². The number of hydrogen-bond donors (Lipinski definition) is 2. The van der Waals surface area contributed by atoms with Gasteiger partial charge in [0.15, 0.2) is 5.69 Å². The zero-order chi connectivity index (χ0) is 27.7. The molecule has 2 N–H and O–H groups in total. The Morgan fingerprint density at radius 2 is 1.71 bits per heavy atom. The molecule has 3 aromatic carbocycles. The highest BCUT2D eigenvalue weighted by molar-refractivity contribution is 7.91. The first-order chi connectivity index (χ1) is 17.8. The van der Waals surface area contributed by atoms with Crippen LogP contribution in [0.15, 0.2) is 77.7 Å². The molecule has 0 bridgehead atoms. The van der Waals surface area contributed by atoms with E-state index in [1.54, 1.807) is 6.07 Å². The molecular formula is C26H20F4N4O3S. The van der Waals surface area contributed by atoms with Crippen LogP contribution in [0.25, 0.3) is 11.1 Å². The normalized spacial score (nSPS) is 13.0. The minimum absolute atomic E-state index is 0.0250. The fourth-order valence-corrected chi connectivity index (χ4v) is 4.32. The van der Waals surface area contributed by atoms with E-state index in [-0.39, 0.29) is 21.9 Å². The van der Waals surface area contributed by atoms with E-state index in [4.69, 9.17) is 9.52 Å². The van der Waals surface area contributed by atoms with Crippen LogP contribution >= 0.6 is 0 Å². The van der Waals surface area contributed by atoms with Crippen molar-refractivity contribution < 1.29 is 31.3 Å². The molecule has 0 aliphatic carbocycles. The third-order valence-electron chi connectivity index (χ3n) is 5.38. The molecule has 1 aromatic heterocycles. The van der Waals surface area contributed by atoms with Crippen LogP contribution in [-0.2, 0) is 15.9 Å². The van der Waals surface area contributed by atoms with Crippen LogP contribution < -0.4 is 10.1 Å². The maximum Gasteiger partial charge on any atom is 0.435 e. The number of amides is 1. The average Bonchev–Trinajstić information content (AvgIpc) is 2.85. The highest BCUT2D eigenvalue weighted by atomic mass is 32.2. The van der Waals surface area contributed by atoms with Crippen LogP contribution in [0.3, 0.4) is 0 Å². The topological polar surface area (TPSA) is 105 Å². The van der Waals surface area contributed by atoms with Gasteiger partial charge in [-0.15, -0.1) is 10.2 Å². The Labute approximate surface area is 215 Å². The van der Waals surface area contributed by atoms with Gasteiger partial charge in [-0.05, 0) is 54.4 Å². The van der Waals surface area contributed by atoms with Crippen molar-refractivity contribution in [3.05, 3.63) is 95.4 Å². The number of alkyl halides is 3. The Kier molecular flexibility index (Phi) is 7.18. The van der Waals surface area contributed by atoms with Gasteiger partial charge in [-0.2, -0.15) is 13.2 Å². The quantitative estimate of drug-likeness (QED) is 0.263. The number of aryl methyl sites for hydroxylation is 1. The number of hydrogen-bond acceptors (Lipinski definition) is 6. The molecule has 1 atom stereocenters. The Balaban J connectivity index is 1.93. The molecule has 12 heteroatoms. The van der Waals surface area contributed by atoms with Gasteiger partial charge in [0.25, 0.3) is 11.8 Å².